The highest BCUT2D eigenvalue weighted by atomic mass is 16.4. The zero-order valence-corrected chi connectivity index (χ0v) is 22.5. The molecule has 0 amide bonds. The average Bonchev–Trinajstić information content (AvgIpc) is 3.02. The summed E-state index contributed by atoms with van der Waals surface area (Å²) in [5, 5.41) is 12.9. The monoisotopic (exact) mass is 460 g/mol. The van der Waals surface area contributed by atoms with Gasteiger partial charge in [-0.1, -0.05) is 91.8 Å². The molecule has 0 aliphatic heterocycles. The first kappa shape index (κ1) is 25.7. The van der Waals surface area contributed by atoms with Gasteiger partial charge in [-0.15, -0.1) is 0 Å². The smallest absolute Gasteiger partial charge is 0.315 e. The number of hydrogen-bond donors (Lipinski definition) is 0. The Morgan fingerprint density at radius 1 is 0.735 bits per heavy atom. The fraction of sp³-hybridized carbons (Fsp3) is 0.467. The first-order chi connectivity index (χ1) is 15.9. The van der Waals surface area contributed by atoms with Gasteiger partial charge in [0.2, 0.25) is 0 Å². The van der Waals surface area contributed by atoms with Gasteiger partial charge in [-0.25, -0.2) is 0 Å². The van der Waals surface area contributed by atoms with Crippen molar-refractivity contribution in [3.63, 3.8) is 0 Å². The summed E-state index contributed by atoms with van der Waals surface area (Å²) in [6.45, 7) is 21.3. The molecule has 4 heteroatoms. The zero-order chi connectivity index (χ0) is 25.5. The van der Waals surface area contributed by atoms with Crippen LogP contribution in [0.5, 0.6) is 0 Å². The first-order valence-corrected chi connectivity index (χ1v) is 12.5. The summed E-state index contributed by atoms with van der Waals surface area (Å²) in [6.07, 6.45) is 0. The maximum atomic E-state index is 12.9. The highest BCUT2D eigenvalue weighted by molar-refractivity contribution is 5.82. The minimum atomic E-state index is -1.17. The van der Waals surface area contributed by atoms with Crippen LogP contribution in [0.1, 0.15) is 123 Å². The molecule has 3 aromatic rings. The lowest BCUT2D eigenvalue weighted by Crippen LogP contribution is -2.46. The van der Waals surface area contributed by atoms with E-state index in [1.165, 1.54) is 0 Å². The quantitative estimate of drug-likeness (QED) is 0.393. The van der Waals surface area contributed by atoms with Crippen LogP contribution in [0.4, 0.5) is 0 Å². The van der Waals surface area contributed by atoms with Gasteiger partial charge in [0.25, 0.3) is 0 Å². The first-order valence-electron chi connectivity index (χ1n) is 12.5. The summed E-state index contributed by atoms with van der Waals surface area (Å²) in [5.74, 6) is -0.0140. The molecular formula is C30H40N2O2. The summed E-state index contributed by atoms with van der Waals surface area (Å²) in [5.41, 5.74) is 8.34. The Morgan fingerprint density at radius 3 is 1.47 bits per heavy atom. The number of carboxylic acids is 1. The number of benzene rings is 2. The normalized spacial score (nSPS) is 11.9. The Kier molecular flexibility index (Phi) is 7.40. The molecule has 182 valence electrons. The van der Waals surface area contributed by atoms with Crippen molar-refractivity contribution < 1.29 is 14.5 Å². The Labute approximate surface area is 205 Å². The molecule has 0 fully saturated rings. The van der Waals surface area contributed by atoms with Crippen LogP contribution in [0.25, 0.3) is 11.4 Å². The molecule has 0 bridgehead atoms. The van der Waals surface area contributed by atoms with Crippen LogP contribution in [-0.2, 0) is 0 Å². The van der Waals surface area contributed by atoms with E-state index in [0.717, 1.165) is 45.0 Å². The van der Waals surface area contributed by atoms with E-state index >= 15 is 0 Å². The molecule has 0 spiro atoms. The van der Waals surface area contributed by atoms with E-state index in [1.54, 1.807) is 0 Å². The van der Waals surface area contributed by atoms with Gasteiger partial charge in [0.15, 0.2) is 5.97 Å². The number of carbonyl (C=O) groups is 1. The van der Waals surface area contributed by atoms with Crippen LogP contribution >= 0.6 is 0 Å². The van der Waals surface area contributed by atoms with E-state index in [2.05, 4.69) is 91.8 Å². The molecule has 1 aromatic heterocycles. The number of carbonyl (C=O) groups excluding carboxylic acids is 1. The highest BCUT2D eigenvalue weighted by Gasteiger charge is 2.35. The van der Waals surface area contributed by atoms with Crippen LogP contribution < -0.4 is 9.67 Å². The number of carboxylic acid groups (broad SMARTS) is 1. The maximum absolute atomic E-state index is 12.9. The standard InChI is InChI=1S/C30H40N2O2/c1-17(2)23-13-11-14-24(18(3)4)27(23)31-21(9)22(10)32(29(31)30(33)34)28-25(19(5)6)15-12-16-26(28)20(7)8/h11-20H,1-10H3. The molecule has 34 heavy (non-hydrogen) atoms. The van der Waals surface area contributed by atoms with Gasteiger partial charge < -0.3 is 9.90 Å². The average molecular weight is 461 g/mol. The number of aromatic carboxylic acids is 1. The zero-order valence-electron chi connectivity index (χ0n) is 22.5. The van der Waals surface area contributed by atoms with Crippen molar-refractivity contribution >= 4 is 5.97 Å². The van der Waals surface area contributed by atoms with Gasteiger partial charge in [-0.2, -0.15) is 9.13 Å². The molecule has 0 atom stereocenters. The van der Waals surface area contributed by atoms with E-state index in [0.29, 0.717) is 0 Å². The van der Waals surface area contributed by atoms with Crippen LogP contribution in [-0.4, -0.2) is 10.5 Å². The molecule has 4 nitrogen and oxygen atoms in total. The van der Waals surface area contributed by atoms with Gasteiger partial charge in [0, 0.05) is 36.1 Å². The SMILES string of the molecule is Cc1c(C)[n+](-c2c(C(C)C)cccc2C(C)C)c(C(=O)[O-])n1-c1c(C(C)C)cccc1C(C)C. The lowest BCUT2D eigenvalue weighted by Gasteiger charge is -2.20. The van der Waals surface area contributed by atoms with Gasteiger partial charge >= 0.3 is 5.82 Å². The van der Waals surface area contributed by atoms with Crippen LogP contribution in [0.3, 0.4) is 0 Å². The molecule has 0 N–H and O–H groups in total. The maximum Gasteiger partial charge on any atom is 0.315 e. The van der Waals surface area contributed by atoms with Crippen molar-refractivity contribution in [2.45, 2.75) is 92.9 Å². The number of nitrogens with zero attached hydrogens (tertiary/aromatic N) is 2. The van der Waals surface area contributed by atoms with Crippen LogP contribution in [0, 0.1) is 13.8 Å². The number of imidazole rings is 1. The number of hydrogen-bond acceptors (Lipinski definition) is 2. The molecular weight excluding hydrogens is 420 g/mol. The topological polar surface area (TPSA) is 48.9 Å². The minimum absolute atomic E-state index is 0.181. The second-order valence-corrected chi connectivity index (χ2v) is 10.6. The van der Waals surface area contributed by atoms with E-state index in [4.69, 9.17) is 0 Å². The lowest BCUT2D eigenvalue weighted by atomic mass is 9.92. The molecule has 1 heterocycles. The predicted octanol–water partition coefficient (Wildman–Crippen LogP) is 6.23. The van der Waals surface area contributed by atoms with Crippen molar-refractivity contribution in [3.8, 4) is 11.4 Å². The molecule has 0 aliphatic carbocycles. The van der Waals surface area contributed by atoms with Crippen molar-refractivity contribution in [2.75, 3.05) is 0 Å². The Bertz CT molecular complexity index is 1070. The van der Waals surface area contributed by atoms with Crippen molar-refractivity contribution in [3.05, 3.63) is 75.9 Å². The van der Waals surface area contributed by atoms with E-state index in [9.17, 15) is 9.90 Å². The second kappa shape index (κ2) is 9.77. The molecule has 2 aromatic carbocycles. The third-order valence-corrected chi connectivity index (χ3v) is 6.93. The summed E-state index contributed by atoms with van der Waals surface area (Å²) in [4.78, 5) is 12.9. The summed E-state index contributed by atoms with van der Waals surface area (Å²) < 4.78 is 3.88. The number of aromatic nitrogens is 2. The Hall–Kier alpha value is -2.88. The number of rotatable bonds is 7. The molecule has 0 unspecified atom stereocenters. The summed E-state index contributed by atoms with van der Waals surface area (Å²) in [7, 11) is 0. The lowest BCUT2D eigenvalue weighted by molar-refractivity contribution is -0.608. The molecule has 3 rings (SSSR count). The highest BCUT2D eigenvalue weighted by Crippen LogP contribution is 2.35. The number of para-hydroxylation sites is 2. The van der Waals surface area contributed by atoms with Crippen LogP contribution in [0.2, 0.25) is 0 Å². The van der Waals surface area contributed by atoms with E-state index in [1.807, 2.05) is 23.0 Å². The van der Waals surface area contributed by atoms with E-state index < -0.39 is 5.97 Å². The van der Waals surface area contributed by atoms with Gasteiger partial charge in [0.05, 0.1) is 0 Å². The van der Waals surface area contributed by atoms with E-state index in [-0.39, 0.29) is 29.5 Å². The van der Waals surface area contributed by atoms with Crippen molar-refractivity contribution in [1.82, 2.24) is 4.57 Å². The predicted molar refractivity (Wildman–Crippen MR) is 137 cm³/mol. The van der Waals surface area contributed by atoms with Gasteiger partial charge in [0.1, 0.15) is 22.8 Å². The molecule has 0 aliphatic rings. The fourth-order valence-electron chi connectivity index (χ4n) is 5.01. The largest absolute Gasteiger partial charge is 0.538 e. The summed E-state index contributed by atoms with van der Waals surface area (Å²) >= 11 is 0. The molecule has 0 saturated heterocycles. The Balaban J connectivity index is 2.58. The van der Waals surface area contributed by atoms with Gasteiger partial charge in [-0.3, -0.25) is 0 Å². The van der Waals surface area contributed by atoms with Crippen molar-refractivity contribution in [2.24, 2.45) is 0 Å². The minimum Gasteiger partial charge on any atom is -0.538 e. The molecule has 0 radical (unpaired) electrons. The third kappa shape index (κ3) is 4.31. The third-order valence-electron chi connectivity index (χ3n) is 6.93. The fourth-order valence-corrected chi connectivity index (χ4v) is 5.01. The van der Waals surface area contributed by atoms with Crippen molar-refractivity contribution in [1.29, 1.82) is 0 Å². The second-order valence-electron chi connectivity index (χ2n) is 10.6. The molecule has 0 saturated carbocycles. The Morgan fingerprint density at radius 2 is 1.12 bits per heavy atom. The summed E-state index contributed by atoms with van der Waals surface area (Å²) in [6, 6.07) is 12.6. The van der Waals surface area contributed by atoms with Gasteiger partial charge in [-0.05, 0) is 23.7 Å². The van der Waals surface area contributed by atoms with Crippen LogP contribution in [0.15, 0.2) is 36.4 Å².